The van der Waals surface area contributed by atoms with Gasteiger partial charge in [-0.25, -0.2) is 14.2 Å². The van der Waals surface area contributed by atoms with Crippen LogP contribution in [0.5, 0.6) is 0 Å². The lowest BCUT2D eigenvalue weighted by atomic mass is 9.67. The van der Waals surface area contributed by atoms with Gasteiger partial charge >= 0.3 is 0 Å². The molecule has 2 aliphatic rings. The lowest BCUT2D eigenvalue weighted by Gasteiger charge is -2.44. The van der Waals surface area contributed by atoms with Gasteiger partial charge in [-0.3, -0.25) is 10.1 Å². The van der Waals surface area contributed by atoms with E-state index in [9.17, 15) is 4.21 Å². The minimum atomic E-state index is -1.41. The molecule has 1 aliphatic carbocycles. The predicted octanol–water partition coefficient (Wildman–Crippen LogP) is 3.77. The Bertz CT molecular complexity index is 1280. The van der Waals surface area contributed by atoms with E-state index in [2.05, 4.69) is 36.1 Å². The smallest absolute Gasteiger partial charge is 0.245 e. The topological polar surface area (TPSA) is 137 Å². The van der Waals surface area contributed by atoms with Crippen LogP contribution >= 0.6 is 23.4 Å². The second-order valence-corrected chi connectivity index (χ2v) is 13.2. The van der Waals surface area contributed by atoms with Crippen molar-refractivity contribution in [3.05, 3.63) is 53.1 Å². The molecule has 1 fully saturated rings. The van der Waals surface area contributed by atoms with E-state index in [1.165, 1.54) is 17.3 Å². The molecular formula is C24H29ClN8OS2. The Morgan fingerprint density at radius 3 is 2.67 bits per heavy atom. The molecule has 2 atom stereocenters. The zero-order valence-corrected chi connectivity index (χ0v) is 22.6. The number of fused-ring (bicyclic) bond motifs is 1. The van der Waals surface area contributed by atoms with E-state index in [-0.39, 0.29) is 17.2 Å². The van der Waals surface area contributed by atoms with Crippen LogP contribution in [0.3, 0.4) is 0 Å². The zero-order valence-electron chi connectivity index (χ0n) is 20.2. The van der Waals surface area contributed by atoms with Crippen LogP contribution in [-0.2, 0) is 17.4 Å². The largest absolute Gasteiger partial charge is 0.382 e. The predicted molar refractivity (Wildman–Crippen MR) is 143 cm³/mol. The number of hydrogen-bond acceptors (Lipinski definition) is 9. The summed E-state index contributed by atoms with van der Waals surface area (Å²) in [6.45, 7) is 5.62. The number of hydrogen-bond donors (Lipinski definition) is 2. The maximum absolute atomic E-state index is 12.3. The minimum Gasteiger partial charge on any atom is -0.382 e. The first kappa shape index (κ1) is 25.3. The van der Waals surface area contributed by atoms with E-state index < -0.39 is 15.7 Å². The first-order valence-corrected chi connectivity index (χ1v) is 14.2. The highest BCUT2D eigenvalue weighted by atomic mass is 35.5. The molecule has 0 aromatic carbocycles. The molecule has 3 aromatic heterocycles. The van der Waals surface area contributed by atoms with Crippen molar-refractivity contribution in [2.24, 2.45) is 10.6 Å². The van der Waals surface area contributed by atoms with Gasteiger partial charge in [-0.2, -0.15) is 0 Å². The summed E-state index contributed by atoms with van der Waals surface area (Å²) in [5, 5.41) is 15.6. The number of nitrogen functional groups attached to an aromatic ring is 1. The molecule has 12 heteroatoms. The van der Waals surface area contributed by atoms with E-state index in [1.54, 1.807) is 18.5 Å². The highest BCUT2D eigenvalue weighted by molar-refractivity contribution is 7.99. The van der Waals surface area contributed by atoms with Crippen molar-refractivity contribution in [1.82, 2.24) is 25.1 Å². The summed E-state index contributed by atoms with van der Waals surface area (Å²) < 4.78 is 11.8. The zero-order chi connectivity index (χ0) is 25.5. The Kier molecular flexibility index (Phi) is 6.92. The molecule has 4 heterocycles. The van der Waals surface area contributed by atoms with Crippen molar-refractivity contribution < 1.29 is 4.21 Å². The molecule has 0 saturated carbocycles. The fourth-order valence-electron chi connectivity index (χ4n) is 5.36. The fraction of sp³-hybridized carbons (Fsp3) is 0.458. The number of piperidine rings is 1. The lowest BCUT2D eigenvalue weighted by molar-refractivity contribution is 0.169. The molecule has 1 saturated heterocycles. The van der Waals surface area contributed by atoms with Gasteiger partial charge < -0.3 is 10.6 Å². The Balaban J connectivity index is 1.30. The number of anilines is 2. The second kappa shape index (κ2) is 9.85. The molecule has 36 heavy (non-hydrogen) atoms. The molecular weight excluding hydrogens is 516 g/mol. The van der Waals surface area contributed by atoms with Gasteiger partial charge in [0.1, 0.15) is 10.8 Å². The van der Waals surface area contributed by atoms with E-state index in [1.807, 2.05) is 26.1 Å². The fourth-order valence-corrected chi connectivity index (χ4v) is 6.66. The third kappa shape index (κ3) is 4.81. The van der Waals surface area contributed by atoms with Crippen molar-refractivity contribution in [2.45, 2.75) is 60.1 Å². The maximum atomic E-state index is 12.3. The summed E-state index contributed by atoms with van der Waals surface area (Å²) in [7, 11) is -1.41. The van der Waals surface area contributed by atoms with Crippen LogP contribution < -0.4 is 15.8 Å². The standard InChI is InChI=1S/C24H29ClN8OS2/c1-23(2,36(27)34)12-16-15-4-3-8-28-17(15)13-24(16)6-10-33(11-7-24)22-30-14-19(31-32-22)35-18-5-9-29-21(26)20(18)25/h3-5,8-9,14,16H,6-7,10-13,27H2,1-2H3,(H2,26,29)/t16-,36?/m0/s1. The normalized spacial score (nSPS) is 19.9. The Hall–Kier alpha value is -2.34. The van der Waals surface area contributed by atoms with Gasteiger partial charge in [0, 0.05) is 36.1 Å². The average Bonchev–Trinajstić information content (AvgIpc) is 3.15. The molecule has 9 nitrogen and oxygen atoms in total. The van der Waals surface area contributed by atoms with Gasteiger partial charge in [0.2, 0.25) is 5.95 Å². The van der Waals surface area contributed by atoms with Gasteiger partial charge in [0.15, 0.2) is 0 Å². The highest BCUT2D eigenvalue weighted by Gasteiger charge is 2.50. The molecule has 4 N–H and O–H groups in total. The van der Waals surface area contributed by atoms with E-state index in [0.29, 0.717) is 16.0 Å². The third-order valence-electron chi connectivity index (χ3n) is 7.47. The minimum absolute atomic E-state index is 0.0606. The first-order chi connectivity index (χ1) is 17.2. The van der Waals surface area contributed by atoms with Gasteiger partial charge in [-0.15, -0.1) is 10.2 Å². The van der Waals surface area contributed by atoms with Crippen molar-refractivity contribution in [1.29, 1.82) is 0 Å². The highest BCUT2D eigenvalue weighted by Crippen LogP contribution is 2.56. The van der Waals surface area contributed by atoms with Crippen LogP contribution in [0.4, 0.5) is 11.8 Å². The molecule has 5 rings (SSSR count). The molecule has 3 aromatic rings. The second-order valence-electron chi connectivity index (χ2n) is 10.1. The first-order valence-electron chi connectivity index (χ1n) is 11.8. The summed E-state index contributed by atoms with van der Waals surface area (Å²) in [6.07, 6.45) is 8.81. The van der Waals surface area contributed by atoms with E-state index >= 15 is 0 Å². The van der Waals surface area contributed by atoms with Crippen LogP contribution in [0.2, 0.25) is 5.02 Å². The molecule has 0 amide bonds. The van der Waals surface area contributed by atoms with Crippen LogP contribution in [0.15, 0.2) is 46.7 Å². The number of aromatic nitrogens is 5. The van der Waals surface area contributed by atoms with Gasteiger partial charge in [-0.1, -0.05) is 29.4 Å². The number of nitrogens with zero attached hydrogens (tertiary/aromatic N) is 6. The number of pyridine rings is 2. The summed E-state index contributed by atoms with van der Waals surface area (Å²) >= 11 is 7.60. The monoisotopic (exact) mass is 544 g/mol. The van der Waals surface area contributed by atoms with Crippen molar-refractivity contribution in [3.63, 3.8) is 0 Å². The molecule has 1 unspecified atom stereocenters. The summed E-state index contributed by atoms with van der Waals surface area (Å²) in [6, 6.07) is 5.96. The van der Waals surface area contributed by atoms with E-state index in [0.717, 1.165) is 49.4 Å². The quantitative estimate of drug-likeness (QED) is 0.475. The summed E-state index contributed by atoms with van der Waals surface area (Å²) in [5.74, 6) is 1.16. The Morgan fingerprint density at radius 2 is 1.97 bits per heavy atom. The molecule has 0 radical (unpaired) electrons. The molecule has 0 bridgehead atoms. The van der Waals surface area contributed by atoms with Crippen LogP contribution in [0.25, 0.3) is 0 Å². The van der Waals surface area contributed by atoms with Crippen molar-refractivity contribution in [2.75, 3.05) is 23.7 Å². The van der Waals surface area contributed by atoms with Gasteiger partial charge in [-0.05, 0) is 68.6 Å². The summed E-state index contributed by atoms with van der Waals surface area (Å²) in [4.78, 5) is 16.2. The summed E-state index contributed by atoms with van der Waals surface area (Å²) in [5.41, 5.74) is 8.29. The van der Waals surface area contributed by atoms with E-state index in [4.69, 9.17) is 22.5 Å². The molecule has 190 valence electrons. The maximum Gasteiger partial charge on any atom is 0.245 e. The van der Waals surface area contributed by atoms with Crippen LogP contribution in [-0.4, -0.2) is 47.2 Å². The van der Waals surface area contributed by atoms with Crippen LogP contribution in [0, 0.1) is 5.41 Å². The molecule has 1 aliphatic heterocycles. The average molecular weight is 545 g/mol. The van der Waals surface area contributed by atoms with Crippen LogP contribution in [0.1, 0.15) is 50.3 Å². The van der Waals surface area contributed by atoms with Gasteiger partial charge in [0.05, 0.1) is 27.0 Å². The Morgan fingerprint density at radius 1 is 1.19 bits per heavy atom. The van der Waals surface area contributed by atoms with Crippen molar-refractivity contribution in [3.8, 4) is 0 Å². The SMILES string of the molecule is CC(C)(C[C@H]1c2cccnc2CC12CCN(c1ncc(Sc3ccnc(N)c3Cl)nn1)CC2)S(N)=O. The van der Waals surface area contributed by atoms with Crippen molar-refractivity contribution >= 4 is 46.1 Å². The Labute approximate surface area is 222 Å². The third-order valence-corrected chi connectivity index (χ3v) is 10.2. The van der Waals surface area contributed by atoms with Gasteiger partial charge in [0.25, 0.3) is 0 Å². The number of nitrogens with two attached hydrogens (primary N) is 2. The number of rotatable bonds is 6. The lowest BCUT2D eigenvalue weighted by Crippen LogP contribution is -2.45. The molecule has 1 spiro atoms. The number of halogens is 1.